The van der Waals surface area contributed by atoms with E-state index in [9.17, 15) is 0 Å². The lowest BCUT2D eigenvalue weighted by atomic mass is 10.0. The summed E-state index contributed by atoms with van der Waals surface area (Å²) in [5.41, 5.74) is 11.1. The summed E-state index contributed by atoms with van der Waals surface area (Å²) in [5.74, 6) is 1.54. The minimum Gasteiger partial charge on any atom is -0.309 e. The SMILES string of the molecule is c1ccc(-c2cc(-n3c4ccccc4c4cc(-c5ccc6c(c5)c5ccccc5n6-c5ccccc5)ccc43)nc(-c3ccccc3)n2)cc1. The maximum absolute atomic E-state index is 5.19. The van der Waals surface area contributed by atoms with Crippen LogP contribution in [-0.2, 0) is 0 Å². The first kappa shape index (κ1) is 28.3. The summed E-state index contributed by atoms with van der Waals surface area (Å²) in [6, 6.07) is 64.3. The Morgan fingerprint density at radius 3 is 1.42 bits per heavy atom. The van der Waals surface area contributed by atoms with Gasteiger partial charge in [0.25, 0.3) is 0 Å². The van der Waals surface area contributed by atoms with E-state index in [4.69, 9.17) is 9.97 Å². The van der Waals surface area contributed by atoms with Gasteiger partial charge >= 0.3 is 0 Å². The first-order valence-corrected chi connectivity index (χ1v) is 16.9. The lowest BCUT2D eigenvalue weighted by Gasteiger charge is -2.12. The summed E-state index contributed by atoms with van der Waals surface area (Å²) in [6.07, 6.45) is 0. The Morgan fingerprint density at radius 2 is 0.800 bits per heavy atom. The van der Waals surface area contributed by atoms with Crippen LogP contribution in [0.15, 0.2) is 182 Å². The van der Waals surface area contributed by atoms with E-state index in [-0.39, 0.29) is 0 Å². The molecule has 0 aliphatic carbocycles. The zero-order valence-electron chi connectivity index (χ0n) is 27.1. The van der Waals surface area contributed by atoms with Crippen LogP contribution in [0.1, 0.15) is 0 Å². The average molecular weight is 639 g/mol. The summed E-state index contributed by atoms with van der Waals surface area (Å²) in [4.78, 5) is 10.2. The summed E-state index contributed by atoms with van der Waals surface area (Å²) in [7, 11) is 0. The number of para-hydroxylation sites is 3. The lowest BCUT2D eigenvalue weighted by Crippen LogP contribution is -2.02. The molecule has 50 heavy (non-hydrogen) atoms. The molecular formula is C46H30N4. The highest BCUT2D eigenvalue weighted by Crippen LogP contribution is 2.38. The van der Waals surface area contributed by atoms with Gasteiger partial charge in [0.1, 0.15) is 5.82 Å². The van der Waals surface area contributed by atoms with Crippen LogP contribution in [0.25, 0.3) is 88.9 Å². The fraction of sp³-hybridized carbons (Fsp3) is 0. The number of aromatic nitrogens is 4. The van der Waals surface area contributed by atoms with Crippen molar-refractivity contribution in [3.05, 3.63) is 182 Å². The molecule has 0 unspecified atom stereocenters. The predicted molar refractivity (Wildman–Crippen MR) is 207 cm³/mol. The average Bonchev–Trinajstić information content (AvgIpc) is 3.71. The van der Waals surface area contributed by atoms with Gasteiger partial charge in [-0.2, -0.15) is 0 Å². The number of hydrogen-bond acceptors (Lipinski definition) is 2. The van der Waals surface area contributed by atoms with Crippen molar-refractivity contribution in [3.63, 3.8) is 0 Å². The van der Waals surface area contributed by atoms with Crippen molar-refractivity contribution in [2.75, 3.05) is 0 Å². The summed E-state index contributed by atoms with van der Waals surface area (Å²) in [6.45, 7) is 0. The van der Waals surface area contributed by atoms with Crippen LogP contribution in [0.3, 0.4) is 0 Å². The Balaban J connectivity index is 1.17. The molecule has 3 aromatic heterocycles. The zero-order chi connectivity index (χ0) is 33.0. The molecule has 0 spiro atoms. The third-order valence-electron chi connectivity index (χ3n) is 9.74. The highest BCUT2D eigenvalue weighted by atomic mass is 15.1. The van der Waals surface area contributed by atoms with Crippen molar-refractivity contribution in [3.8, 4) is 45.3 Å². The highest BCUT2D eigenvalue weighted by Gasteiger charge is 2.18. The molecule has 234 valence electrons. The van der Waals surface area contributed by atoms with E-state index in [2.05, 4.69) is 167 Å². The highest BCUT2D eigenvalue weighted by molar-refractivity contribution is 6.12. The molecule has 0 saturated carbocycles. The second-order valence-electron chi connectivity index (χ2n) is 12.7. The fourth-order valence-electron chi connectivity index (χ4n) is 7.43. The Morgan fingerprint density at radius 1 is 0.320 bits per heavy atom. The molecule has 0 amide bonds. The van der Waals surface area contributed by atoms with Gasteiger partial charge in [0.2, 0.25) is 0 Å². The molecule has 3 heterocycles. The third kappa shape index (κ3) is 4.54. The summed E-state index contributed by atoms with van der Waals surface area (Å²) < 4.78 is 4.64. The molecule has 4 heteroatoms. The zero-order valence-corrected chi connectivity index (χ0v) is 27.1. The molecule has 0 radical (unpaired) electrons. The molecule has 0 aliphatic heterocycles. The molecule has 0 aliphatic rings. The Hall–Kier alpha value is -6.78. The monoisotopic (exact) mass is 638 g/mol. The van der Waals surface area contributed by atoms with Crippen molar-refractivity contribution in [2.45, 2.75) is 0 Å². The van der Waals surface area contributed by atoms with E-state index in [1.54, 1.807) is 0 Å². The van der Waals surface area contributed by atoms with Gasteiger partial charge in [-0.15, -0.1) is 0 Å². The van der Waals surface area contributed by atoms with Crippen LogP contribution >= 0.6 is 0 Å². The molecule has 4 nitrogen and oxygen atoms in total. The fourth-order valence-corrected chi connectivity index (χ4v) is 7.43. The second kappa shape index (κ2) is 11.4. The minimum absolute atomic E-state index is 0.701. The molecule has 0 fully saturated rings. The molecule has 10 aromatic rings. The van der Waals surface area contributed by atoms with E-state index in [0.717, 1.165) is 39.4 Å². The normalized spacial score (nSPS) is 11.6. The molecule has 7 aromatic carbocycles. The second-order valence-corrected chi connectivity index (χ2v) is 12.7. The Bertz CT molecular complexity index is 2790. The number of benzene rings is 7. The topological polar surface area (TPSA) is 35.6 Å². The number of hydrogen-bond donors (Lipinski definition) is 0. The van der Waals surface area contributed by atoms with Crippen LogP contribution in [-0.4, -0.2) is 19.1 Å². The van der Waals surface area contributed by atoms with Crippen molar-refractivity contribution in [2.24, 2.45) is 0 Å². The third-order valence-corrected chi connectivity index (χ3v) is 9.74. The molecule has 10 rings (SSSR count). The molecule has 0 N–H and O–H groups in total. The summed E-state index contributed by atoms with van der Waals surface area (Å²) >= 11 is 0. The van der Waals surface area contributed by atoms with Crippen LogP contribution in [0.5, 0.6) is 0 Å². The van der Waals surface area contributed by atoms with Crippen LogP contribution in [0, 0.1) is 0 Å². The van der Waals surface area contributed by atoms with Crippen LogP contribution in [0.4, 0.5) is 0 Å². The first-order valence-electron chi connectivity index (χ1n) is 16.9. The van der Waals surface area contributed by atoms with E-state index in [1.807, 2.05) is 24.3 Å². The van der Waals surface area contributed by atoms with Gasteiger partial charge in [-0.05, 0) is 59.7 Å². The van der Waals surface area contributed by atoms with Crippen molar-refractivity contribution in [1.29, 1.82) is 0 Å². The minimum atomic E-state index is 0.701. The quantitative estimate of drug-likeness (QED) is 0.188. The van der Waals surface area contributed by atoms with Gasteiger partial charge in [-0.3, -0.25) is 4.57 Å². The van der Waals surface area contributed by atoms with E-state index in [0.29, 0.717) is 5.82 Å². The van der Waals surface area contributed by atoms with Gasteiger partial charge in [0.05, 0.1) is 27.8 Å². The van der Waals surface area contributed by atoms with Crippen molar-refractivity contribution < 1.29 is 0 Å². The molecule has 0 bridgehead atoms. The van der Waals surface area contributed by atoms with Crippen molar-refractivity contribution >= 4 is 43.6 Å². The van der Waals surface area contributed by atoms with E-state index >= 15 is 0 Å². The van der Waals surface area contributed by atoms with Crippen molar-refractivity contribution in [1.82, 2.24) is 19.1 Å². The largest absolute Gasteiger partial charge is 0.309 e. The molecular weight excluding hydrogens is 609 g/mol. The first-order chi connectivity index (χ1) is 24.8. The van der Waals surface area contributed by atoms with E-state index in [1.165, 1.54) is 43.7 Å². The Kier molecular flexibility index (Phi) is 6.46. The lowest BCUT2D eigenvalue weighted by molar-refractivity contribution is 1.05. The number of nitrogens with zero attached hydrogens (tertiary/aromatic N) is 4. The smallest absolute Gasteiger partial charge is 0.162 e. The predicted octanol–water partition coefficient (Wildman–Crippen LogP) is 11.7. The van der Waals surface area contributed by atoms with Gasteiger partial charge in [-0.1, -0.05) is 127 Å². The van der Waals surface area contributed by atoms with E-state index < -0.39 is 0 Å². The van der Waals surface area contributed by atoms with Gasteiger partial charge < -0.3 is 4.57 Å². The number of rotatable bonds is 5. The molecule has 0 atom stereocenters. The maximum Gasteiger partial charge on any atom is 0.162 e. The van der Waals surface area contributed by atoms with Crippen LogP contribution < -0.4 is 0 Å². The number of fused-ring (bicyclic) bond motifs is 6. The van der Waals surface area contributed by atoms with Gasteiger partial charge in [0.15, 0.2) is 5.82 Å². The summed E-state index contributed by atoms with van der Waals surface area (Å²) in [5, 5.41) is 4.86. The van der Waals surface area contributed by atoms with Gasteiger partial charge in [-0.25, -0.2) is 9.97 Å². The maximum atomic E-state index is 5.19. The van der Waals surface area contributed by atoms with Gasteiger partial charge in [0, 0.05) is 44.4 Å². The molecule has 0 saturated heterocycles. The standard InChI is InChI=1S/C46H30N4/c1-4-14-31(15-5-1)40-30-45(48-46(47-40)32-16-6-2-7-17-32)50-42-23-13-11-21-37(42)39-29-34(25-27-44(39)50)33-24-26-43-38(28-33)36-20-10-12-22-41(36)49(43)35-18-8-3-9-19-35/h1-30H. The van der Waals surface area contributed by atoms with Crippen LogP contribution in [0.2, 0.25) is 0 Å². The Labute approximate surface area is 289 Å².